The van der Waals surface area contributed by atoms with Crippen molar-refractivity contribution in [3.05, 3.63) is 12.2 Å². The zero-order valence-corrected chi connectivity index (χ0v) is 15.0. The van der Waals surface area contributed by atoms with Crippen LogP contribution in [0.5, 0.6) is 0 Å². The number of allylic oxidation sites excluding steroid dienone is 1. The van der Waals surface area contributed by atoms with E-state index in [1.165, 1.54) is 51.7 Å². The van der Waals surface area contributed by atoms with Crippen LogP contribution in [0.15, 0.2) is 12.2 Å². The first-order valence-corrected chi connectivity index (χ1v) is 8.97. The molecule has 0 aromatic heterocycles. The lowest BCUT2D eigenvalue weighted by molar-refractivity contribution is -0.134. The quantitative estimate of drug-likeness (QED) is 0.220. The molecule has 0 rings (SSSR count). The monoisotopic (exact) mass is 316 g/mol. The number of unbranched alkanes of at least 4 members (excludes halogenated alkanes) is 9. The van der Waals surface area contributed by atoms with E-state index in [2.05, 4.69) is 35.3 Å². The number of esters is 1. The van der Waals surface area contributed by atoms with E-state index in [1.807, 2.05) is 0 Å². The molecule has 0 bridgehead atoms. The Balaban J connectivity index is 3.35. The number of hydrogen-bond donors (Lipinski definition) is 0. The fraction of sp³-hybridized carbons (Fsp3) is 0.667. The van der Waals surface area contributed by atoms with Crippen LogP contribution in [-0.4, -0.2) is 13.1 Å². The zero-order valence-electron chi connectivity index (χ0n) is 15.0. The van der Waals surface area contributed by atoms with Crippen molar-refractivity contribution in [2.75, 3.05) is 7.11 Å². The Morgan fingerprint density at radius 3 is 1.96 bits per heavy atom. The van der Waals surface area contributed by atoms with Crippen LogP contribution in [0.1, 0.15) is 84.0 Å². The highest BCUT2D eigenvalue weighted by molar-refractivity contribution is 5.81. The summed E-state index contributed by atoms with van der Waals surface area (Å²) < 4.78 is 4.49. The maximum atomic E-state index is 10.8. The van der Waals surface area contributed by atoms with Gasteiger partial charge in [0, 0.05) is 31.8 Å². The molecule has 0 N–H and O–H groups in total. The molecule has 0 heterocycles. The average molecular weight is 316 g/mol. The van der Waals surface area contributed by atoms with Crippen molar-refractivity contribution in [3.63, 3.8) is 0 Å². The van der Waals surface area contributed by atoms with Crippen LogP contribution in [-0.2, 0) is 9.53 Å². The van der Waals surface area contributed by atoms with Gasteiger partial charge >= 0.3 is 5.97 Å². The van der Waals surface area contributed by atoms with Gasteiger partial charge in [0.25, 0.3) is 0 Å². The number of rotatable bonds is 11. The lowest BCUT2D eigenvalue weighted by atomic mass is 10.1. The molecule has 0 aliphatic rings. The van der Waals surface area contributed by atoms with Crippen LogP contribution in [0, 0.1) is 23.7 Å². The van der Waals surface area contributed by atoms with Crippen LogP contribution < -0.4 is 0 Å². The summed E-state index contributed by atoms with van der Waals surface area (Å²) in [7, 11) is 1.37. The maximum Gasteiger partial charge on any atom is 0.330 e. The van der Waals surface area contributed by atoms with Crippen LogP contribution in [0.3, 0.4) is 0 Å². The number of ether oxygens (including phenoxy) is 1. The van der Waals surface area contributed by atoms with Gasteiger partial charge in [-0.3, -0.25) is 0 Å². The molecule has 2 heteroatoms. The molecule has 0 radical (unpaired) electrons. The first kappa shape index (κ1) is 21.3. The molecule has 0 aromatic rings. The van der Waals surface area contributed by atoms with Crippen molar-refractivity contribution in [3.8, 4) is 23.7 Å². The van der Waals surface area contributed by atoms with Crippen molar-refractivity contribution in [1.82, 2.24) is 0 Å². The Labute approximate surface area is 143 Å². The Hall–Kier alpha value is -1.67. The third-order valence-corrected chi connectivity index (χ3v) is 3.43. The van der Waals surface area contributed by atoms with E-state index in [0.717, 1.165) is 32.1 Å². The van der Waals surface area contributed by atoms with Crippen molar-refractivity contribution < 1.29 is 9.53 Å². The third-order valence-electron chi connectivity index (χ3n) is 3.43. The molecule has 0 unspecified atom stereocenters. The van der Waals surface area contributed by atoms with E-state index < -0.39 is 0 Å². The molecule has 0 amide bonds. The normalized spacial score (nSPS) is 9.83. The molecule has 23 heavy (non-hydrogen) atoms. The summed E-state index contributed by atoms with van der Waals surface area (Å²) in [5, 5.41) is 0. The van der Waals surface area contributed by atoms with Gasteiger partial charge in [0.05, 0.1) is 7.11 Å². The highest BCUT2D eigenvalue weighted by Gasteiger charge is 1.88. The van der Waals surface area contributed by atoms with E-state index in [1.54, 1.807) is 6.08 Å². The van der Waals surface area contributed by atoms with Crippen LogP contribution in [0.25, 0.3) is 0 Å². The van der Waals surface area contributed by atoms with Gasteiger partial charge < -0.3 is 4.74 Å². The maximum absolute atomic E-state index is 10.8. The van der Waals surface area contributed by atoms with E-state index >= 15 is 0 Å². The molecule has 0 fully saturated rings. The van der Waals surface area contributed by atoms with Crippen molar-refractivity contribution in [1.29, 1.82) is 0 Å². The molecule has 0 saturated heterocycles. The zero-order chi connectivity index (χ0) is 17.0. The Bertz CT molecular complexity index is 426. The van der Waals surface area contributed by atoms with Crippen molar-refractivity contribution in [2.45, 2.75) is 84.0 Å². The van der Waals surface area contributed by atoms with Gasteiger partial charge in [0.1, 0.15) is 0 Å². The minimum atomic E-state index is -0.327. The lowest BCUT2D eigenvalue weighted by Gasteiger charge is -1.96. The molecule has 0 aliphatic heterocycles. The number of carbonyl (C=O) groups is 1. The van der Waals surface area contributed by atoms with Gasteiger partial charge in [-0.2, -0.15) is 0 Å². The SMILES string of the molecule is CCCCCCCCC#CCCCCC#CCC=CC(=O)OC. The van der Waals surface area contributed by atoms with Gasteiger partial charge in [-0.15, -0.1) is 17.8 Å². The second-order valence-corrected chi connectivity index (χ2v) is 5.56. The smallest absolute Gasteiger partial charge is 0.330 e. The average Bonchev–Trinajstić information content (AvgIpc) is 2.57. The number of hydrogen-bond acceptors (Lipinski definition) is 2. The second-order valence-electron chi connectivity index (χ2n) is 5.56. The van der Waals surface area contributed by atoms with E-state index in [4.69, 9.17) is 0 Å². The molecular weight excluding hydrogens is 284 g/mol. The minimum Gasteiger partial charge on any atom is -0.466 e. The minimum absolute atomic E-state index is 0.327. The standard InChI is InChI=1S/C21H32O2/c1-3-4-5-6-7-8-9-10-11-12-13-14-15-16-17-18-19-20-21(22)23-2/h19-20H,3-9,12-15,18H2,1-2H3. The van der Waals surface area contributed by atoms with Gasteiger partial charge in [-0.05, 0) is 19.3 Å². The fourth-order valence-electron chi connectivity index (χ4n) is 2.04. The summed E-state index contributed by atoms with van der Waals surface area (Å²) in [5.74, 6) is 12.3. The highest BCUT2D eigenvalue weighted by atomic mass is 16.5. The van der Waals surface area contributed by atoms with E-state index in [9.17, 15) is 4.79 Å². The summed E-state index contributed by atoms with van der Waals surface area (Å²) in [6.07, 6.45) is 16.9. The summed E-state index contributed by atoms with van der Waals surface area (Å²) in [6, 6.07) is 0. The second kappa shape index (κ2) is 18.4. The van der Waals surface area contributed by atoms with Gasteiger partial charge in [0.2, 0.25) is 0 Å². The summed E-state index contributed by atoms with van der Waals surface area (Å²) in [4.78, 5) is 10.8. The molecule has 2 nitrogen and oxygen atoms in total. The Kier molecular flexibility index (Phi) is 17.0. The van der Waals surface area contributed by atoms with Crippen LogP contribution in [0.2, 0.25) is 0 Å². The van der Waals surface area contributed by atoms with E-state index in [-0.39, 0.29) is 5.97 Å². The molecule has 0 saturated carbocycles. The number of methoxy groups -OCH3 is 1. The molecule has 0 aromatic carbocycles. The Morgan fingerprint density at radius 1 is 0.826 bits per heavy atom. The van der Waals surface area contributed by atoms with Crippen molar-refractivity contribution >= 4 is 5.97 Å². The summed E-state index contributed by atoms with van der Waals surface area (Å²) in [5.41, 5.74) is 0. The third kappa shape index (κ3) is 18.3. The van der Waals surface area contributed by atoms with Gasteiger partial charge in [-0.1, -0.05) is 51.0 Å². The first-order valence-electron chi connectivity index (χ1n) is 8.97. The van der Waals surface area contributed by atoms with Crippen LogP contribution >= 0.6 is 0 Å². The lowest BCUT2D eigenvalue weighted by Crippen LogP contribution is -1.92. The predicted molar refractivity (Wildman–Crippen MR) is 97.8 cm³/mol. The van der Waals surface area contributed by atoms with Crippen molar-refractivity contribution in [2.24, 2.45) is 0 Å². The molecule has 0 aliphatic carbocycles. The van der Waals surface area contributed by atoms with Crippen LogP contribution in [0.4, 0.5) is 0 Å². The molecule has 0 atom stereocenters. The molecule has 128 valence electrons. The molecule has 0 spiro atoms. The summed E-state index contributed by atoms with van der Waals surface area (Å²) in [6.45, 7) is 2.25. The Morgan fingerprint density at radius 2 is 1.35 bits per heavy atom. The predicted octanol–water partition coefficient (Wildman–Crippen LogP) is 5.42. The highest BCUT2D eigenvalue weighted by Crippen LogP contribution is 2.06. The molecular formula is C21H32O2. The first-order chi connectivity index (χ1) is 11.3. The number of carbonyl (C=O) groups excluding carboxylic acids is 1. The fourth-order valence-corrected chi connectivity index (χ4v) is 2.04. The van der Waals surface area contributed by atoms with E-state index in [0.29, 0.717) is 6.42 Å². The largest absolute Gasteiger partial charge is 0.466 e. The summed E-state index contributed by atoms with van der Waals surface area (Å²) >= 11 is 0. The van der Waals surface area contributed by atoms with Gasteiger partial charge in [-0.25, -0.2) is 4.79 Å². The topological polar surface area (TPSA) is 26.3 Å². The van der Waals surface area contributed by atoms with Gasteiger partial charge in [0.15, 0.2) is 0 Å².